The fourth-order valence-corrected chi connectivity index (χ4v) is 5.04. The highest BCUT2D eigenvalue weighted by molar-refractivity contribution is 6.18. The Morgan fingerprint density at radius 3 is 2.63 bits per heavy atom. The third kappa shape index (κ3) is 2.70. The monoisotopic (exact) mass is 370 g/mol. The number of carbonyl (C=O) groups is 3. The fraction of sp³-hybridized carbons (Fsp3) is 0.476. The smallest absolute Gasteiger partial charge is 0.302 e. The van der Waals surface area contributed by atoms with Gasteiger partial charge in [-0.1, -0.05) is 23.8 Å². The summed E-state index contributed by atoms with van der Waals surface area (Å²) >= 11 is 0. The second kappa shape index (κ2) is 6.60. The lowest BCUT2D eigenvalue weighted by molar-refractivity contribution is -0.151. The normalized spacial score (nSPS) is 32.1. The van der Waals surface area contributed by atoms with Gasteiger partial charge in [-0.2, -0.15) is 0 Å². The van der Waals surface area contributed by atoms with Gasteiger partial charge in [-0.15, -0.1) is 0 Å². The molecule has 1 fully saturated rings. The number of methoxy groups -OCH3 is 1. The Hall–Kier alpha value is -2.47. The molecule has 1 N–H and O–H groups in total. The minimum atomic E-state index is -0.729. The Bertz CT molecular complexity index is 854. The molecule has 3 aliphatic carbocycles. The van der Waals surface area contributed by atoms with Gasteiger partial charge in [-0.05, 0) is 25.3 Å². The van der Waals surface area contributed by atoms with Gasteiger partial charge in [0.25, 0.3) is 0 Å². The van der Waals surface area contributed by atoms with Crippen molar-refractivity contribution in [3.63, 3.8) is 0 Å². The maximum atomic E-state index is 13.4. The summed E-state index contributed by atoms with van der Waals surface area (Å²) in [4.78, 5) is 38.3. The molecule has 0 bridgehead atoms. The number of hydrogen-bond acceptors (Lipinski definition) is 6. The van der Waals surface area contributed by atoms with Gasteiger partial charge in [-0.3, -0.25) is 14.4 Å². The zero-order valence-electron chi connectivity index (χ0n) is 15.3. The Labute approximate surface area is 157 Å². The molecule has 0 heterocycles. The van der Waals surface area contributed by atoms with Crippen LogP contribution in [0, 0.1) is 17.8 Å². The van der Waals surface area contributed by atoms with Crippen LogP contribution in [-0.2, 0) is 14.3 Å². The quantitative estimate of drug-likeness (QED) is 0.636. The van der Waals surface area contributed by atoms with Crippen LogP contribution in [0.25, 0.3) is 0 Å². The Morgan fingerprint density at radius 1 is 1.15 bits per heavy atom. The molecule has 6 heteroatoms. The van der Waals surface area contributed by atoms with Crippen molar-refractivity contribution < 1.29 is 29.0 Å². The number of hydrogen-bond donors (Lipinski definition) is 1. The predicted molar refractivity (Wildman–Crippen MR) is 95.5 cm³/mol. The minimum Gasteiger partial charge on any atom is -0.507 e. The van der Waals surface area contributed by atoms with Crippen molar-refractivity contribution in [2.75, 3.05) is 7.11 Å². The van der Waals surface area contributed by atoms with Gasteiger partial charge in [-0.25, -0.2) is 0 Å². The van der Waals surface area contributed by atoms with E-state index in [0.717, 1.165) is 18.4 Å². The zero-order valence-corrected chi connectivity index (χ0v) is 15.3. The van der Waals surface area contributed by atoms with E-state index in [-0.39, 0.29) is 40.3 Å². The molecule has 0 radical (unpaired) electrons. The van der Waals surface area contributed by atoms with E-state index in [1.54, 1.807) is 12.1 Å². The second-order valence-electron chi connectivity index (χ2n) is 7.49. The molecule has 5 atom stereocenters. The maximum absolute atomic E-state index is 13.4. The van der Waals surface area contributed by atoms with Gasteiger partial charge in [0.2, 0.25) is 0 Å². The topological polar surface area (TPSA) is 89.9 Å². The Morgan fingerprint density at radius 2 is 1.93 bits per heavy atom. The highest BCUT2D eigenvalue weighted by Gasteiger charge is 2.55. The number of carbonyl (C=O) groups excluding carboxylic acids is 3. The summed E-state index contributed by atoms with van der Waals surface area (Å²) < 4.78 is 11.1. The zero-order chi connectivity index (χ0) is 19.3. The van der Waals surface area contributed by atoms with Crippen molar-refractivity contribution in [2.45, 2.75) is 38.4 Å². The second-order valence-corrected chi connectivity index (χ2v) is 7.49. The van der Waals surface area contributed by atoms with Gasteiger partial charge in [0.05, 0.1) is 17.6 Å². The standard InChI is InChI=1S/C21H22O6/c1-10(22)27-14-8-3-5-11-9-15(26-2)18-19(16(11)14)20(24)12-6-4-7-13(23)17(12)21(18)25/h4,6-7,9,14-16,18-19,23H,3,5,8H2,1-2H3/t14-,15-,16-,18-,19+/m0/s1. The van der Waals surface area contributed by atoms with E-state index in [4.69, 9.17) is 9.47 Å². The van der Waals surface area contributed by atoms with E-state index < -0.39 is 24.0 Å². The van der Waals surface area contributed by atoms with E-state index in [0.29, 0.717) is 6.42 Å². The first-order valence-electron chi connectivity index (χ1n) is 9.25. The van der Waals surface area contributed by atoms with Gasteiger partial charge in [0, 0.05) is 31.4 Å². The average molecular weight is 370 g/mol. The van der Waals surface area contributed by atoms with Crippen LogP contribution >= 0.6 is 0 Å². The summed E-state index contributed by atoms with van der Waals surface area (Å²) in [6.45, 7) is 1.36. The lowest BCUT2D eigenvalue weighted by atomic mass is 9.58. The lowest BCUT2D eigenvalue weighted by Crippen LogP contribution is -2.53. The van der Waals surface area contributed by atoms with Crippen LogP contribution in [0.1, 0.15) is 46.9 Å². The molecule has 4 rings (SSSR count). The van der Waals surface area contributed by atoms with Crippen LogP contribution in [0.3, 0.4) is 0 Å². The molecule has 0 aromatic heterocycles. The van der Waals surface area contributed by atoms with E-state index >= 15 is 0 Å². The number of aromatic hydroxyl groups is 1. The van der Waals surface area contributed by atoms with Gasteiger partial charge < -0.3 is 14.6 Å². The van der Waals surface area contributed by atoms with Crippen LogP contribution in [0.15, 0.2) is 29.8 Å². The van der Waals surface area contributed by atoms with Gasteiger partial charge in [0.1, 0.15) is 11.9 Å². The number of phenols is 1. The number of benzene rings is 1. The van der Waals surface area contributed by atoms with Crippen molar-refractivity contribution in [3.05, 3.63) is 41.0 Å². The molecular weight excluding hydrogens is 348 g/mol. The highest BCUT2D eigenvalue weighted by atomic mass is 16.5. The first-order valence-corrected chi connectivity index (χ1v) is 9.25. The number of Topliss-reactive ketones (excluding diaryl/α,β-unsaturated/α-hetero) is 2. The molecule has 27 heavy (non-hydrogen) atoms. The molecule has 0 aliphatic heterocycles. The molecule has 0 amide bonds. The van der Waals surface area contributed by atoms with Crippen LogP contribution < -0.4 is 0 Å². The molecule has 3 aliphatic rings. The van der Waals surface area contributed by atoms with Crippen LogP contribution in [-0.4, -0.2) is 42.0 Å². The van der Waals surface area contributed by atoms with E-state index in [1.807, 2.05) is 6.08 Å². The summed E-state index contributed by atoms with van der Waals surface area (Å²) in [6, 6.07) is 4.56. The summed E-state index contributed by atoms with van der Waals surface area (Å²) in [5, 5.41) is 10.2. The van der Waals surface area contributed by atoms with Crippen LogP contribution in [0.4, 0.5) is 0 Å². The van der Waals surface area contributed by atoms with Crippen molar-refractivity contribution in [2.24, 2.45) is 17.8 Å². The molecule has 1 aromatic carbocycles. The van der Waals surface area contributed by atoms with Crippen molar-refractivity contribution >= 4 is 17.5 Å². The molecule has 1 aromatic rings. The number of rotatable bonds is 2. The van der Waals surface area contributed by atoms with E-state index in [9.17, 15) is 19.5 Å². The third-order valence-corrected chi connectivity index (χ3v) is 6.04. The minimum absolute atomic E-state index is 0.0718. The summed E-state index contributed by atoms with van der Waals surface area (Å²) in [7, 11) is 1.52. The Balaban J connectivity index is 1.87. The number of ether oxygens (including phenoxy) is 2. The Kier molecular flexibility index (Phi) is 4.38. The molecule has 6 nitrogen and oxygen atoms in total. The van der Waals surface area contributed by atoms with E-state index in [2.05, 4.69) is 0 Å². The fourth-order valence-electron chi connectivity index (χ4n) is 5.04. The molecular formula is C21H22O6. The largest absolute Gasteiger partial charge is 0.507 e. The highest BCUT2D eigenvalue weighted by Crippen LogP contribution is 2.50. The van der Waals surface area contributed by atoms with Crippen LogP contribution in [0.2, 0.25) is 0 Å². The first-order chi connectivity index (χ1) is 12.9. The summed E-state index contributed by atoms with van der Waals surface area (Å²) in [5.74, 6) is -2.77. The maximum Gasteiger partial charge on any atom is 0.302 e. The molecule has 1 saturated carbocycles. The van der Waals surface area contributed by atoms with Crippen LogP contribution in [0.5, 0.6) is 5.75 Å². The summed E-state index contributed by atoms with van der Waals surface area (Å²) in [5.41, 5.74) is 1.33. The van der Waals surface area contributed by atoms with E-state index in [1.165, 1.54) is 20.1 Å². The molecule has 142 valence electrons. The number of esters is 1. The molecule has 0 unspecified atom stereocenters. The van der Waals surface area contributed by atoms with Crippen molar-refractivity contribution in [1.29, 1.82) is 0 Å². The summed E-state index contributed by atoms with van der Waals surface area (Å²) in [6.07, 6.45) is 3.26. The predicted octanol–water partition coefficient (Wildman–Crippen LogP) is 2.69. The van der Waals surface area contributed by atoms with Crippen molar-refractivity contribution in [3.8, 4) is 5.75 Å². The number of fused-ring (bicyclic) bond motifs is 4. The SMILES string of the molecule is CO[C@H]1C=C2CCC[C@H](OC(C)=O)[C@H]2[C@H]2C(=O)c3cccc(O)c3C(=O)[C@H]21. The lowest BCUT2D eigenvalue weighted by Gasteiger charge is -2.47. The molecule has 0 saturated heterocycles. The average Bonchev–Trinajstić information content (AvgIpc) is 2.64. The first kappa shape index (κ1) is 17.9. The molecule has 0 spiro atoms. The number of ketones is 2. The van der Waals surface area contributed by atoms with Gasteiger partial charge >= 0.3 is 5.97 Å². The van der Waals surface area contributed by atoms with Gasteiger partial charge in [0.15, 0.2) is 11.6 Å². The number of phenolic OH excluding ortho intramolecular Hbond substituents is 1. The third-order valence-electron chi connectivity index (χ3n) is 6.04. The van der Waals surface area contributed by atoms with Crippen molar-refractivity contribution in [1.82, 2.24) is 0 Å².